The molecule has 4 nitrogen and oxygen atoms in total. The first-order chi connectivity index (χ1) is 9.88. The number of rotatable bonds is 5. The van der Waals surface area contributed by atoms with E-state index in [0.29, 0.717) is 26.1 Å². The summed E-state index contributed by atoms with van der Waals surface area (Å²) in [6.07, 6.45) is 0.976. The zero-order valence-corrected chi connectivity index (χ0v) is 13.2. The SMILES string of the molecule is CC(C)NS(=O)(=O)C1CCOCC1Cc1cccc(F)c1. The highest BCUT2D eigenvalue weighted by Crippen LogP contribution is 2.25. The summed E-state index contributed by atoms with van der Waals surface area (Å²) >= 11 is 0. The topological polar surface area (TPSA) is 55.4 Å². The van der Waals surface area contributed by atoms with Crippen molar-refractivity contribution in [3.63, 3.8) is 0 Å². The molecule has 0 saturated carbocycles. The van der Waals surface area contributed by atoms with Crippen molar-refractivity contribution in [1.29, 1.82) is 0 Å². The van der Waals surface area contributed by atoms with Crippen molar-refractivity contribution in [2.75, 3.05) is 13.2 Å². The second-order valence-corrected chi connectivity index (χ2v) is 7.74. The fourth-order valence-electron chi connectivity index (χ4n) is 2.76. The van der Waals surface area contributed by atoms with Gasteiger partial charge in [-0.2, -0.15) is 0 Å². The van der Waals surface area contributed by atoms with Gasteiger partial charge in [-0.1, -0.05) is 12.1 Å². The zero-order chi connectivity index (χ0) is 15.5. The summed E-state index contributed by atoms with van der Waals surface area (Å²) < 4.78 is 46.2. The molecule has 2 atom stereocenters. The Balaban J connectivity index is 2.16. The second kappa shape index (κ2) is 6.85. The normalized spacial score (nSPS) is 23.4. The number of sulfonamides is 1. The van der Waals surface area contributed by atoms with E-state index in [9.17, 15) is 12.8 Å². The van der Waals surface area contributed by atoms with Crippen LogP contribution in [0.4, 0.5) is 4.39 Å². The summed E-state index contributed by atoms with van der Waals surface area (Å²) in [7, 11) is -3.39. The van der Waals surface area contributed by atoms with Crippen LogP contribution in [0.25, 0.3) is 0 Å². The molecule has 2 unspecified atom stereocenters. The maximum atomic E-state index is 13.3. The molecular weight excluding hydrogens is 293 g/mol. The quantitative estimate of drug-likeness (QED) is 0.905. The highest BCUT2D eigenvalue weighted by molar-refractivity contribution is 7.90. The van der Waals surface area contributed by atoms with E-state index in [4.69, 9.17) is 4.74 Å². The number of nitrogens with one attached hydrogen (secondary N) is 1. The van der Waals surface area contributed by atoms with Crippen molar-refractivity contribution in [3.05, 3.63) is 35.6 Å². The van der Waals surface area contributed by atoms with Crippen molar-refractivity contribution in [2.45, 2.75) is 38.0 Å². The Morgan fingerprint density at radius 2 is 2.19 bits per heavy atom. The van der Waals surface area contributed by atoms with Gasteiger partial charge in [0.05, 0.1) is 11.9 Å². The fraction of sp³-hybridized carbons (Fsp3) is 0.600. The van der Waals surface area contributed by atoms with E-state index >= 15 is 0 Å². The largest absolute Gasteiger partial charge is 0.381 e. The zero-order valence-electron chi connectivity index (χ0n) is 12.4. The monoisotopic (exact) mass is 315 g/mol. The van der Waals surface area contributed by atoms with Crippen LogP contribution in [0.1, 0.15) is 25.8 Å². The minimum Gasteiger partial charge on any atom is -0.381 e. The van der Waals surface area contributed by atoms with E-state index in [1.807, 2.05) is 6.07 Å². The van der Waals surface area contributed by atoms with E-state index in [1.165, 1.54) is 12.1 Å². The average Bonchev–Trinajstić information content (AvgIpc) is 2.37. The van der Waals surface area contributed by atoms with Crippen LogP contribution < -0.4 is 4.72 Å². The number of halogens is 1. The molecule has 1 N–H and O–H groups in total. The van der Waals surface area contributed by atoms with Crippen LogP contribution in [0, 0.1) is 11.7 Å². The van der Waals surface area contributed by atoms with Crippen LogP contribution in [0.5, 0.6) is 0 Å². The molecule has 1 heterocycles. The third-order valence-electron chi connectivity index (χ3n) is 3.59. The minimum absolute atomic E-state index is 0.132. The summed E-state index contributed by atoms with van der Waals surface area (Å²) in [5.41, 5.74) is 0.801. The Bertz CT molecular complexity index is 574. The van der Waals surface area contributed by atoms with Gasteiger partial charge < -0.3 is 4.74 Å². The Morgan fingerprint density at radius 3 is 2.86 bits per heavy atom. The van der Waals surface area contributed by atoms with Crippen LogP contribution in [0.3, 0.4) is 0 Å². The minimum atomic E-state index is -3.39. The molecule has 0 bridgehead atoms. The molecule has 118 valence electrons. The summed E-state index contributed by atoms with van der Waals surface area (Å²) in [5.74, 6) is -0.458. The third kappa shape index (κ3) is 4.49. The van der Waals surface area contributed by atoms with Crippen LogP contribution in [-0.4, -0.2) is 32.9 Å². The van der Waals surface area contributed by atoms with Gasteiger partial charge in [0.2, 0.25) is 10.0 Å². The molecule has 0 aliphatic carbocycles. The average molecular weight is 315 g/mol. The van der Waals surface area contributed by atoms with Crippen LogP contribution in [0.2, 0.25) is 0 Å². The van der Waals surface area contributed by atoms with Gasteiger partial charge in [-0.3, -0.25) is 0 Å². The summed E-state index contributed by atoms with van der Waals surface area (Å²) in [5, 5.41) is -0.489. The first-order valence-electron chi connectivity index (χ1n) is 7.22. The lowest BCUT2D eigenvalue weighted by atomic mass is 9.93. The first kappa shape index (κ1) is 16.4. The summed E-state index contributed by atoms with van der Waals surface area (Å²) in [6, 6.07) is 6.16. The highest BCUT2D eigenvalue weighted by Gasteiger charge is 2.36. The van der Waals surface area contributed by atoms with Crippen LogP contribution in [0.15, 0.2) is 24.3 Å². The number of ether oxygens (including phenoxy) is 1. The third-order valence-corrected chi connectivity index (χ3v) is 5.81. The molecule has 6 heteroatoms. The maximum Gasteiger partial charge on any atom is 0.215 e. The van der Waals surface area contributed by atoms with E-state index in [0.717, 1.165) is 5.56 Å². The van der Waals surface area contributed by atoms with Gasteiger partial charge in [-0.25, -0.2) is 17.5 Å². The lowest BCUT2D eigenvalue weighted by Gasteiger charge is -2.32. The Hall–Kier alpha value is -0.980. The second-order valence-electron chi connectivity index (χ2n) is 5.81. The number of hydrogen-bond acceptors (Lipinski definition) is 3. The molecule has 1 aromatic carbocycles. The van der Waals surface area contributed by atoms with Gasteiger partial charge in [0, 0.05) is 18.6 Å². The Morgan fingerprint density at radius 1 is 1.43 bits per heavy atom. The maximum absolute atomic E-state index is 13.3. The molecule has 0 amide bonds. The van der Waals surface area contributed by atoms with E-state index in [2.05, 4.69) is 4.72 Å². The first-order valence-corrected chi connectivity index (χ1v) is 8.76. The van der Waals surface area contributed by atoms with Crippen molar-refractivity contribution < 1.29 is 17.5 Å². The molecule has 1 aliphatic rings. The van der Waals surface area contributed by atoms with Gasteiger partial charge >= 0.3 is 0 Å². The summed E-state index contributed by atoms with van der Waals surface area (Å²) in [4.78, 5) is 0. The molecule has 0 spiro atoms. The number of hydrogen-bond donors (Lipinski definition) is 1. The molecule has 1 aromatic rings. The van der Waals surface area contributed by atoms with Crippen molar-refractivity contribution in [3.8, 4) is 0 Å². The van der Waals surface area contributed by atoms with Gasteiger partial charge in [0.25, 0.3) is 0 Å². The molecule has 1 fully saturated rings. The van der Waals surface area contributed by atoms with Gasteiger partial charge in [-0.15, -0.1) is 0 Å². The molecule has 21 heavy (non-hydrogen) atoms. The van der Waals surface area contributed by atoms with E-state index in [-0.39, 0.29) is 17.8 Å². The van der Waals surface area contributed by atoms with Crippen LogP contribution in [-0.2, 0) is 21.2 Å². The molecule has 1 saturated heterocycles. The van der Waals surface area contributed by atoms with Crippen molar-refractivity contribution >= 4 is 10.0 Å². The lowest BCUT2D eigenvalue weighted by Crippen LogP contribution is -2.46. The van der Waals surface area contributed by atoms with E-state index in [1.54, 1.807) is 19.9 Å². The van der Waals surface area contributed by atoms with Gasteiger partial charge in [0.15, 0.2) is 0 Å². The Labute approximate surface area is 125 Å². The number of benzene rings is 1. The smallest absolute Gasteiger partial charge is 0.215 e. The van der Waals surface area contributed by atoms with Crippen molar-refractivity contribution in [2.24, 2.45) is 5.92 Å². The predicted octanol–water partition coefficient (Wildman–Crippen LogP) is 2.10. The van der Waals surface area contributed by atoms with Gasteiger partial charge in [-0.05, 0) is 44.4 Å². The highest BCUT2D eigenvalue weighted by atomic mass is 32.2. The van der Waals surface area contributed by atoms with Crippen LogP contribution >= 0.6 is 0 Å². The van der Waals surface area contributed by atoms with E-state index < -0.39 is 15.3 Å². The molecule has 0 radical (unpaired) electrons. The van der Waals surface area contributed by atoms with Crippen molar-refractivity contribution in [1.82, 2.24) is 4.72 Å². The predicted molar refractivity (Wildman–Crippen MR) is 80.0 cm³/mol. The molecule has 2 rings (SSSR count). The summed E-state index contributed by atoms with van der Waals surface area (Å²) in [6.45, 7) is 4.44. The standard InChI is InChI=1S/C15H22FNO3S/c1-11(2)17-21(18,19)15-6-7-20-10-13(15)8-12-4-3-5-14(16)9-12/h3-5,9,11,13,15,17H,6-8,10H2,1-2H3. The molecular formula is C15H22FNO3S. The molecule has 1 aliphatic heterocycles. The van der Waals surface area contributed by atoms with Gasteiger partial charge in [0.1, 0.15) is 5.82 Å². The lowest BCUT2D eigenvalue weighted by molar-refractivity contribution is 0.0569. The Kier molecular flexibility index (Phi) is 5.35. The molecule has 0 aromatic heterocycles. The fourth-order valence-corrected chi connectivity index (χ4v) is 4.68.